The van der Waals surface area contributed by atoms with Crippen molar-refractivity contribution in [3.63, 3.8) is 0 Å². The molecule has 1 atom stereocenters. The summed E-state index contributed by atoms with van der Waals surface area (Å²) in [6.45, 7) is 2.62. The molecule has 1 aliphatic rings. The maximum absolute atomic E-state index is 12.6. The zero-order chi connectivity index (χ0) is 17.5. The zero-order valence-corrected chi connectivity index (χ0v) is 15.5. The number of hydrogen-bond acceptors (Lipinski definition) is 4. The van der Waals surface area contributed by atoms with Gasteiger partial charge in [0.1, 0.15) is 0 Å². The monoisotopic (exact) mass is 355 g/mol. The Morgan fingerprint density at radius 3 is 2.80 bits per heavy atom. The first kappa shape index (κ1) is 18.0. The molecular weight excluding hydrogens is 330 g/mol. The fraction of sp³-hybridized carbons (Fsp3) is 0.400. The van der Waals surface area contributed by atoms with Crippen molar-refractivity contribution in [1.82, 2.24) is 14.8 Å². The number of amides is 1. The van der Waals surface area contributed by atoms with Crippen LogP contribution in [0, 0.1) is 0 Å². The minimum Gasteiger partial charge on any atom is -0.340 e. The maximum Gasteiger partial charge on any atom is 0.233 e. The summed E-state index contributed by atoms with van der Waals surface area (Å²) in [6, 6.07) is 16.7. The van der Waals surface area contributed by atoms with Crippen molar-refractivity contribution < 1.29 is 4.79 Å². The molecule has 0 radical (unpaired) electrons. The number of likely N-dealkylation sites (tertiary alicyclic amines) is 1. The van der Waals surface area contributed by atoms with Crippen LogP contribution in [0.15, 0.2) is 59.8 Å². The Hall–Kier alpha value is -1.85. The maximum atomic E-state index is 12.6. The van der Waals surface area contributed by atoms with E-state index in [4.69, 9.17) is 0 Å². The number of pyridine rings is 1. The summed E-state index contributed by atoms with van der Waals surface area (Å²) in [6.07, 6.45) is 3.99. The van der Waals surface area contributed by atoms with Crippen LogP contribution in [0.4, 0.5) is 0 Å². The molecule has 1 fully saturated rings. The van der Waals surface area contributed by atoms with E-state index in [2.05, 4.69) is 41.2 Å². The molecule has 2 heterocycles. The van der Waals surface area contributed by atoms with Crippen LogP contribution in [0.5, 0.6) is 0 Å². The lowest BCUT2D eigenvalue weighted by atomic mass is 10.0. The van der Waals surface area contributed by atoms with Gasteiger partial charge >= 0.3 is 0 Å². The highest BCUT2D eigenvalue weighted by Crippen LogP contribution is 2.20. The molecule has 1 amide bonds. The lowest BCUT2D eigenvalue weighted by Gasteiger charge is -2.37. The van der Waals surface area contributed by atoms with Gasteiger partial charge in [-0.15, -0.1) is 0 Å². The molecule has 132 valence electrons. The molecule has 1 aromatic carbocycles. The molecule has 1 aliphatic heterocycles. The van der Waals surface area contributed by atoms with E-state index in [1.54, 1.807) is 6.20 Å². The molecule has 0 bridgehead atoms. The van der Waals surface area contributed by atoms with E-state index in [-0.39, 0.29) is 5.91 Å². The van der Waals surface area contributed by atoms with E-state index in [1.165, 1.54) is 17.3 Å². The van der Waals surface area contributed by atoms with Crippen molar-refractivity contribution in [2.24, 2.45) is 0 Å². The van der Waals surface area contributed by atoms with Crippen LogP contribution in [0.25, 0.3) is 0 Å². The molecule has 1 saturated heterocycles. The van der Waals surface area contributed by atoms with Gasteiger partial charge in [-0.3, -0.25) is 9.69 Å². The Kier molecular flexibility index (Phi) is 6.48. The molecule has 2 aromatic rings. The summed E-state index contributed by atoms with van der Waals surface area (Å²) in [5, 5.41) is 0.908. The Balaban J connectivity index is 1.50. The van der Waals surface area contributed by atoms with Crippen LogP contribution in [0.3, 0.4) is 0 Å². The fourth-order valence-electron chi connectivity index (χ4n) is 3.20. The van der Waals surface area contributed by atoms with Crippen LogP contribution in [-0.2, 0) is 11.3 Å². The number of carbonyl (C=O) groups is 1. The van der Waals surface area contributed by atoms with Gasteiger partial charge in [0.2, 0.25) is 5.91 Å². The highest BCUT2D eigenvalue weighted by molar-refractivity contribution is 7.99. The third kappa shape index (κ3) is 5.31. The topological polar surface area (TPSA) is 36.4 Å². The van der Waals surface area contributed by atoms with Crippen LogP contribution in [0.1, 0.15) is 18.4 Å². The molecule has 0 unspecified atom stereocenters. The Morgan fingerprint density at radius 2 is 2.04 bits per heavy atom. The third-order valence-electron chi connectivity index (χ3n) is 4.63. The van der Waals surface area contributed by atoms with Gasteiger partial charge < -0.3 is 4.90 Å². The molecule has 5 heteroatoms. The number of rotatable bonds is 6. The van der Waals surface area contributed by atoms with Gasteiger partial charge in [-0.2, -0.15) is 0 Å². The molecule has 0 aliphatic carbocycles. The number of piperidine rings is 1. The van der Waals surface area contributed by atoms with Crippen molar-refractivity contribution in [2.45, 2.75) is 30.5 Å². The summed E-state index contributed by atoms with van der Waals surface area (Å²) in [5.74, 6) is 0.681. The van der Waals surface area contributed by atoms with E-state index >= 15 is 0 Å². The number of carbonyl (C=O) groups excluding carboxylic acids is 1. The molecule has 3 rings (SSSR count). The summed E-state index contributed by atoms with van der Waals surface area (Å²) in [4.78, 5) is 21.2. The van der Waals surface area contributed by atoms with Crippen LogP contribution in [0.2, 0.25) is 0 Å². The lowest BCUT2D eigenvalue weighted by molar-refractivity contribution is -0.130. The molecule has 1 aromatic heterocycles. The van der Waals surface area contributed by atoms with Crippen LogP contribution in [-0.4, -0.2) is 52.6 Å². The fourth-order valence-corrected chi connectivity index (χ4v) is 3.97. The Labute approximate surface area is 154 Å². The molecule has 0 N–H and O–H groups in total. The van der Waals surface area contributed by atoms with Crippen molar-refractivity contribution in [3.8, 4) is 0 Å². The standard InChI is InChI=1S/C20H25N3OS/c1-22(14-17-8-3-2-4-9-17)18-10-7-13-23(15-18)20(24)16-25-19-11-5-6-12-21-19/h2-6,8-9,11-12,18H,7,10,13-16H2,1H3/t18-/m0/s1. The summed E-state index contributed by atoms with van der Waals surface area (Å²) < 4.78 is 0. The molecule has 0 saturated carbocycles. The second kappa shape index (κ2) is 9.02. The highest BCUT2D eigenvalue weighted by Gasteiger charge is 2.26. The number of likely N-dealkylation sites (N-methyl/N-ethyl adjacent to an activating group) is 1. The van der Waals surface area contributed by atoms with Crippen molar-refractivity contribution in [3.05, 3.63) is 60.3 Å². The first-order chi connectivity index (χ1) is 12.2. The van der Waals surface area contributed by atoms with Gasteiger partial charge in [0.15, 0.2) is 0 Å². The van der Waals surface area contributed by atoms with Gasteiger partial charge in [-0.05, 0) is 37.6 Å². The largest absolute Gasteiger partial charge is 0.340 e. The van der Waals surface area contributed by atoms with Crippen LogP contribution < -0.4 is 0 Å². The van der Waals surface area contributed by atoms with Gasteiger partial charge in [0.25, 0.3) is 0 Å². The number of hydrogen-bond donors (Lipinski definition) is 0. The Bertz CT molecular complexity index is 665. The number of nitrogens with zero attached hydrogens (tertiary/aromatic N) is 3. The summed E-state index contributed by atoms with van der Waals surface area (Å²) in [5.41, 5.74) is 1.32. The smallest absolute Gasteiger partial charge is 0.233 e. The minimum atomic E-state index is 0.216. The zero-order valence-electron chi connectivity index (χ0n) is 14.7. The summed E-state index contributed by atoms with van der Waals surface area (Å²) >= 11 is 1.52. The summed E-state index contributed by atoms with van der Waals surface area (Å²) in [7, 11) is 2.16. The van der Waals surface area contributed by atoms with Crippen molar-refractivity contribution >= 4 is 17.7 Å². The highest BCUT2D eigenvalue weighted by atomic mass is 32.2. The lowest BCUT2D eigenvalue weighted by Crippen LogP contribution is -2.48. The van der Waals surface area contributed by atoms with E-state index < -0.39 is 0 Å². The van der Waals surface area contributed by atoms with Gasteiger partial charge in [-0.1, -0.05) is 48.2 Å². The average molecular weight is 356 g/mol. The van der Waals surface area contributed by atoms with Gasteiger partial charge in [0, 0.05) is 31.9 Å². The first-order valence-electron chi connectivity index (χ1n) is 8.78. The minimum absolute atomic E-state index is 0.216. The second-order valence-corrected chi connectivity index (χ2v) is 7.49. The quantitative estimate of drug-likeness (QED) is 0.745. The normalized spacial score (nSPS) is 17.7. The SMILES string of the molecule is CN(Cc1ccccc1)[C@H]1CCCN(C(=O)CSc2ccccn2)C1. The average Bonchev–Trinajstić information content (AvgIpc) is 2.68. The number of thioether (sulfide) groups is 1. The predicted molar refractivity (Wildman–Crippen MR) is 102 cm³/mol. The predicted octanol–water partition coefficient (Wildman–Crippen LogP) is 3.30. The van der Waals surface area contributed by atoms with Crippen molar-refractivity contribution in [1.29, 1.82) is 0 Å². The van der Waals surface area contributed by atoms with E-state index in [1.807, 2.05) is 29.2 Å². The van der Waals surface area contributed by atoms with Gasteiger partial charge in [-0.25, -0.2) is 4.98 Å². The third-order valence-corrected chi connectivity index (χ3v) is 5.56. The van der Waals surface area contributed by atoms with Crippen molar-refractivity contribution in [2.75, 3.05) is 25.9 Å². The molecule has 4 nitrogen and oxygen atoms in total. The number of aromatic nitrogens is 1. The first-order valence-corrected chi connectivity index (χ1v) is 9.76. The van der Waals surface area contributed by atoms with Crippen LogP contribution >= 0.6 is 11.8 Å². The number of benzene rings is 1. The van der Waals surface area contributed by atoms with E-state index in [0.717, 1.165) is 37.5 Å². The van der Waals surface area contributed by atoms with E-state index in [0.29, 0.717) is 11.8 Å². The van der Waals surface area contributed by atoms with Gasteiger partial charge in [0.05, 0.1) is 10.8 Å². The van der Waals surface area contributed by atoms with E-state index in [9.17, 15) is 4.79 Å². The second-order valence-electron chi connectivity index (χ2n) is 6.49. The Morgan fingerprint density at radius 1 is 1.24 bits per heavy atom. The molecular formula is C20H25N3OS. The molecule has 25 heavy (non-hydrogen) atoms. The molecule has 0 spiro atoms.